The summed E-state index contributed by atoms with van der Waals surface area (Å²) < 4.78 is 38.3. The first-order valence-corrected chi connectivity index (χ1v) is 7.43. The summed E-state index contributed by atoms with van der Waals surface area (Å²) in [7, 11) is 0. The van der Waals surface area contributed by atoms with Gasteiger partial charge in [0.1, 0.15) is 5.75 Å². The number of halogens is 5. The van der Waals surface area contributed by atoms with Crippen molar-refractivity contribution in [1.29, 1.82) is 0 Å². The predicted octanol–water partition coefficient (Wildman–Crippen LogP) is 5.19. The minimum absolute atomic E-state index is 0.0128. The molecule has 0 aromatic heterocycles. The third-order valence-corrected chi connectivity index (χ3v) is 3.81. The number of alkyl halides is 3. The molecule has 2 aromatic rings. The normalized spacial score (nSPS) is 11.3. The molecule has 0 heterocycles. The van der Waals surface area contributed by atoms with E-state index >= 15 is 0 Å². The molecule has 0 bridgehead atoms. The van der Waals surface area contributed by atoms with E-state index in [0.29, 0.717) is 8.95 Å². The summed E-state index contributed by atoms with van der Waals surface area (Å²) >= 11 is 6.28. The van der Waals surface area contributed by atoms with E-state index in [2.05, 4.69) is 37.2 Å². The Hall–Kier alpha value is -1.54. The van der Waals surface area contributed by atoms with Gasteiger partial charge in [-0.2, -0.15) is 13.2 Å². The number of benzene rings is 2. The largest absolute Gasteiger partial charge is 0.506 e. The highest BCUT2D eigenvalue weighted by molar-refractivity contribution is 9.11. The third-order valence-electron chi connectivity index (χ3n) is 2.74. The Labute approximate surface area is 140 Å². The van der Waals surface area contributed by atoms with Gasteiger partial charge in [0.2, 0.25) is 0 Å². The summed E-state index contributed by atoms with van der Waals surface area (Å²) in [5, 5.41) is 12.3. The van der Waals surface area contributed by atoms with E-state index in [4.69, 9.17) is 0 Å². The van der Waals surface area contributed by atoms with E-state index in [9.17, 15) is 23.1 Å². The molecule has 0 atom stereocenters. The van der Waals surface area contributed by atoms with Gasteiger partial charge in [0.15, 0.2) is 0 Å². The van der Waals surface area contributed by atoms with Crippen LogP contribution in [0.5, 0.6) is 5.75 Å². The fourth-order valence-corrected chi connectivity index (χ4v) is 2.91. The van der Waals surface area contributed by atoms with Crippen LogP contribution in [0.1, 0.15) is 15.9 Å². The quantitative estimate of drug-likeness (QED) is 0.677. The highest BCUT2D eigenvalue weighted by Gasteiger charge is 2.30. The average Bonchev–Trinajstić information content (AvgIpc) is 2.42. The minimum atomic E-state index is -4.43. The van der Waals surface area contributed by atoms with Gasteiger partial charge in [-0.25, -0.2) is 0 Å². The molecule has 0 saturated carbocycles. The van der Waals surface area contributed by atoms with Crippen molar-refractivity contribution in [3.63, 3.8) is 0 Å². The maximum absolute atomic E-state index is 12.5. The Morgan fingerprint density at radius 2 is 1.68 bits per heavy atom. The molecule has 0 saturated heterocycles. The van der Waals surface area contributed by atoms with Gasteiger partial charge in [0.05, 0.1) is 15.6 Å². The maximum atomic E-state index is 12.5. The molecule has 3 nitrogen and oxygen atoms in total. The van der Waals surface area contributed by atoms with Gasteiger partial charge in [0.25, 0.3) is 5.91 Å². The van der Waals surface area contributed by atoms with Crippen LogP contribution in [0.4, 0.5) is 18.9 Å². The zero-order valence-electron chi connectivity index (χ0n) is 10.7. The number of phenolic OH excluding ortho intramolecular Hbond substituents is 1. The minimum Gasteiger partial charge on any atom is -0.506 e. The van der Waals surface area contributed by atoms with Gasteiger partial charge in [-0.1, -0.05) is 15.9 Å². The van der Waals surface area contributed by atoms with Crippen LogP contribution in [0, 0.1) is 0 Å². The van der Waals surface area contributed by atoms with E-state index < -0.39 is 17.6 Å². The summed E-state index contributed by atoms with van der Waals surface area (Å²) in [5.74, 6) is -0.896. The Kier molecular flexibility index (Phi) is 4.81. The molecule has 8 heteroatoms. The molecule has 0 aliphatic rings. The zero-order chi connectivity index (χ0) is 16.5. The van der Waals surface area contributed by atoms with Gasteiger partial charge >= 0.3 is 6.18 Å². The Bertz CT molecular complexity index is 715. The number of hydrogen-bond acceptors (Lipinski definition) is 2. The van der Waals surface area contributed by atoms with Crippen molar-refractivity contribution in [3.05, 3.63) is 56.5 Å². The highest BCUT2D eigenvalue weighted by atomic mass is 79.9. The average molecular weight is 439 g/mol. The molecule has 2 aromatic carbocycles. The zero-order valence-corrected chi connectivity index (χ0v) is 13.9. The lowest BCUT2D eigenvalue weighted by atomic mass is 10.1. The van der Waals surface area contributed by atoms with Crippen molar-refractivity contribution in [2.45, 2.75) is 6.18 Å². The standard InChI is InChI=1S/C14H8Br2F3NO2/c15-8-5-10(12(21)11(16)6-8)13(22)20-9-3-1-7(2-4-9)14(17,18)19/h1-6,21H,(H,20,22). The van der Waals surface area contributed by atoms with Crippen LogP contribution < -0.4 is 5.32 Å². The third kappa shape index (κ3) is 3.80. The molecule has 0 spiro atoms. The smallest absolute Gasteiger partial charge is 0.416 e. The number of aromatic hydroxyl groups is 1. The van der Waals surface area contributed by atoms with E-state index in [0.717, 1.165) is 24.3 Å². The number of nitrogens with one attached hydrogen (secondary N) is 1. The number of rotatable bonds is 2. The van der Waals surface area contributed by atoms with Gasteiger partial charge in [-0.15, -0.1) is 0 Å². The van der Waals surface area contributed by atoms with Crippen LogP contribution in [-0.4, -0.2) is 11.0 Å². The van der Waals surface area contributed by atoms with Crippen molar-refractivity contribution in [2.24, 2.45) is 0 Å². The SMILES string of the molecule is O=C(Nc1ccc(C(F)(F)F)cc1)c1cc(Br)cc(Br)c1O. The second-order valence-corrected chi connectivity index (χ2v) is 6.08. The molecule has 2 rings (SSSR count). The van der Waals surface area contributed by atoms with E-state index in [1.165, 1.54) is 6.07 Å². The van der Waals surface area contributed by atoms with E-state index in [1.807, 2.05) is 0 Å². The maximum Gasteiger partial charge on any atom is 0.416 e. The number of carbonyl (C=O) groups excluding carboxylic acids is 1. The lowest BCUT2D eigenvalue weighted by Crippen LogP contribution is -2.13. The summed E-state index contributed by atoms with van der Waals surface area (Å²) in [4.78, 5) is 12.1. The predicted molar refractivity (Wildman–Crippen MR) is 82.9 cm³/mol. The Morgan fingerprint density at radius 1 is 1.09 bits per heavy atom. The summed E-state index contributed by atoms with van der Waals surface area (Å²) in [6, 6.07) is 6.98. The molecular weight excluding hydrogens is 431 g/mol. The Balaban J connectivity index is 2.23. The van der Waals surface area contributed by atoms with Crippen molar-refractivity contribution in [2.75, 3.05) is 5.32 Å². The van der Waals surface area contributed by atoms with Crippen molar-refractivity contribution in [3.8, 4) is 5.75 Å². The fraction of sp³-hybridized carbons (Fsp3) is 0.0714. The van der Waals surface area contributed by atoms with Crippen molar-refractivity contribution < 1.29 is 23.1 Å². The number of carbonyl (C=O) groups is 1. The molecule has 0 aliphatic heterocycles. The monoisotopic (exact) mass is 437 g/mol. The lowest BCUT2D eigenvalue weighted by molar-refractivity contribution is -0.137. The van der Waals surface area contributed by atoms with Crippen molar-refractivity contribution in [1.82, 2.24) is 0 Å². The summed E-state index contributed by atoms with van der Waals surface area (Å²) in [6.45, 7) is 0. The Morgan fingerprint density at radius 3 is 2.23 bits per heavy atom. The van der Waals surface area contributed by atoms with Crippen LogP contribution in [0.2, 0.25) is 0 Å². The topological polar surface area (TPSA) is 49.3 Å². The van der Waals surface area contributed by atoms with Crippen LogP contribution in [0.25, 0.3) is 0 Å². The number of hydrogen-bond donors (Lipinski definition) is 2. The highest BCUT2D eigenvalue weighted by Crippen LogP contribution is 2.33. The molecule has 0 unspecified atom stereocenters. The molecule has 0 aliphatic carbocycles. The van der Waals surface area contributed by atoms with E-state index in [-0.39, 0.29) is 17.0 Å². The number of phenols is 1. The van der Waals surface area contributed by atoms with Crippen LogP contribution in [0.15, 0.2) is 45.3 Å². The van der Waals surface area contributed by atoms with Crippen LogP contribution >= 0.6 is 31.9 Å². The lowest BCUT2D eigenvalue weighted by Gasteiger charge is -2.10. The molecule has 2 N–H and O–H groups in total. The molecular formula is C14H8Br2F3NO2. The van der Waals surface area contributed by atoms with Gasteiger partial charge in [-0.05, 0) is 52.3 Å². The second kappa shape index (κ2) is 6.29. The van der Waals surface area contributed by atoms with Gasteiger partial charge in [0, 0.05) is 10.2 Å². The molecule has 1 amide bonds. The van der Waals surface area contributed by atoms with Crippen molar-refractivity contribution >= 4 is 43.5 Å². The summed E-state index contributed by atoms with van der Waals surface area (Å²) in [6.07, 6.45) is -4.43. The van der Waals surface area contributed by atoms with Crippen LogP contribution in [0.3, 0.4) is 0 Å². The first kappa shape index (κ1) is 16.8. The van der Waals surface area contributed by atoms with Gasteiger partial charge < -0.3 is 10.4 Å². The second-order valence-electron chi connectivity index (χ2n) is 4.31. The summed E-state index contributed by atoms with van der Waals surface area (Å²) in [5.41, 5.74) is -0.631. The number of amides is 1. The van der Waals surface area contributed by atoms with E-state index in [1.54, 1.807) is 6.07 Å². The first-order valence-electron chi connectivity index (χ1n) is 5.85. The number of anilines is 1. The molecule has 0 radical (unpaired) electrons. The molecule has 0 fully saturated rings. The fourth-order valence-electron chi connectivity index (χ4n) is 1.68. The van der Waals surface area contributed by atoms with Gasteiger partial charge in [-0.3, -0.25) is 4.79 Å². The molecule has 116 valence electrons. The first-order chi connectivity index (χ1) is 10.2. The molecule has 22 heavy (non-hydrogen) atoms. The van der Waals surface area contributed by atoms with Crippen LogP contribution in [-0.2, 0) is 6.18 Å².